The molecule has 4 heterocycles. The van der Waals surface area contributed by atoms with Crippen LogP contribution in [0.2, 0.25) is 0 Å². The molecule has 3 aliphatic heterocycles. The van der Waals surface area contributed by atoms with Gasteiger partial charge in [0, 0.05) is 43.2 Å². The maximum absolute atomic E-state index is 17.5. The zero-order chi connectivity index (χ0) is 42.4. The Bertz CT molecular complexity index is 2100. The number of halogens is 4. The monoisotopic (exact) mass is 837 g/mol. The van der Waals surface area contributed by atoms with Crippen LogP contribution in [0.15, 0.2) is 59.8 Å². The number of hydrogen-bond acceptors (Lipinski definition) is 10. The highest BCUT2D eigenvalue weighted by atomic mass is 32.2. The quantitative estimate of drug-likeness (QED) is 0.0874. The molecule has 2 bridgehead atoms. The van der Waals surface area contributed by atoms with Crippen LogP contribution in [0.5, 0.6) is 11.5 Å². The molecule has 316 valence electrons. The number of aromatic nitrogens is 2. The van der Waals surface area contributed by atoms with E-state index < -0.39 is 40.7 Å². The fraction of sp³-hybridized carbons (Fsp3) is 0.477. The summed E-state index contributed by atoms with van der Waals surface area (Å²) in [5, 5.41) is 0.444. The third-order valence-corrected chi connectivity index (χ3v) is 11.9. The molecule has 1 amide bonds. The van der Waals surface area contributed by atoms with E-state index in [1.165, 1.54) is 24.8 Å². The number of fused-ring (bicyclic) bond motifs is 3. The van der Waals surface area contributed by atoms with Crippen molar-refractivity contribution in [1.29, 1.82) is 0 Å². The predicted octanol–water partition coefficient (Wildman–Crippen LogP) is 9.85. The lowest BCUT2D eigenvalue weighted by atomic mass is 9.84. The number of carbonyl (C=O) groups excluding carboxylic acids is 1. The van der Waals surface area contributed by atoms with E-state index in [0.717, 1.165) is 24.0 Å². The first-order valence-electron chi connectivity index (χ1n) is 19.7. The van der Waals surface area contributed by atoms with Crippen LogP contribution in [-0.2, 0) is 35.3 Å². The van der Waals surface area contributed by atoms with Crippen molar-refractivity contribution in [2.24, 2.45) is 0 Å². The van der Waals surface area contributed by atoms with Crippen molar-refractivity contribution >= 4 is 29.4 Å². The van der Waals surface area contributed by atoms with Crippen molar-refractivity contribution in [1.82, 2.24) is 14.9 Å². The molecule has 2 fully saturated rings. The van der Waals surface area contributed by atoms with Crippen molar-refractivity contribution in [2.45, 2.75) is 108 Å². The standard InChI is InChI=1S/C44H51F4N5O5S/c1-25-19-34(51(20-27-9-15-31(55-6)16-10-27)21-28-11-17-32(56-7)18-12-28)37(45)35(36(25)44(46,47)48)39-26(2)38-33(24-57-39)40(50-41(49-38)59-8)52-22-29-13-14-30(23-52)53(29)42(54)58-43(3,4)5/h9-12,15-19,26,29-30,39H,13-14,20-24H2,1-8H3. The number of amides is 1. The van der Waals surface area contributed by atoms with Gasteiger partial charge in [0.1, 0.15) is 22.9 Å². The normalized spacial score (nSPS) is 20.3. The van der Waals surface area contributed by atoms with E-state index in [9.17, 15) is 4.79 Å². The molecule has 7 rings (SSSR count). The number of methoxy groups -OCH3 is 2. The molecular formula is C44H51F4N5O5S. The molecule has 3 aliphatic rings. The number of anilines is 2. The van der Waals surface area contributed by atoms with Crippen molar-refractivity contribution in [3.05, 3.63) is 99.5 Å². The summed E-state index contributed by atoms with van der Waals surface area (Å²) >= 11 is 1.32. The van der Waals surface area contributed by atoms with Gasteiger partial charge in [0.05, 0.1) is 56.0 Å². The summed E-state index contributed by atoms with van der Waals surface area (Å²) in [6, 6.07) is 15.6. The zero-order valence-electron chi connectivity index (χ0n) is 34.7. The van der Waals surface area contributed by atoms with Crippen molar-refractivity contribution in [3.8, 4) is 11.5 Å². The highest BCUT2D eigenvalue weighted by molar-refractivity contribution is 7.98. The van der Waals surface area contributed by atoms with E-state index in [1.54, 1.807) is 50.3 Å². The number of carbonyl (C=O) groups is 1. The number of alkyl halides is 3. The maximum atomic E-state index is 17.5. The number of aryl methyl sites for hydroxylation is 1. The van der Waals surface area contributed by atoms with E-state index in [0.29, 0.717) is 46.8 Å². The Morgan fingerprint density at radius 2 is 1.49 bits per heavy atom. The van der Waals surface area contributed by atoms with Gasteiger partial charge in [-0.2, -0.15) is 13.2 Å². The number of piperazine rings is 1. The van der Waals surface area contributed by atoms with Gasteiger partial charge < -0.3 is 28.7 Å². The summed E-state index contributed by atoms with van der Waals surface area (Å²) in [5.41, 5.74) is 0.451. The summed E-state index contributed by atoms with van der Waals surface area (Å²) in [4.78, 5) is 28.7. The first kappa shape index (κ1) is 42.4. The fourth-order valence-corrected chi connectivity index (χ4v) is 8.99. The summed E-state index contributed by atoms with van der Waals surface area (Å²) < 4.78 is 85.9. The molecule has 1 aromatic heterocycles. The van der Waals surface area contributed by atoms with Gasteiger partial charge in [-0.3, -0.25) is 4.90 Å². The van der Waals surface area contributed by atoms with Crippen molar-refractivity contribution in [3.63, 3.8) is 0 Å². The van der Waals surface area contributed by atoms with Crippen LogP contribution < -0.4 is 19.3 Å². The van der Waals surface area contributed by atoms with Crippen LogP contribution in [-0.4, -0.2) is 72.2 Å². The van der Waals surface area contributed by atoms with Crippen LogP contribution in [0, 0.1) is 12.7 Å². The third-order valence-electron chi connectivity index (χ3n) is 11.3. The highest BCUT2D eigenvalue weighted by Crippen LogP contribution is 2.50. The third kappa shape index (κ3) is 8.77. The van der Waals surface area contributed by atoms with Crippen molar-refractivity contribution < 1.29 is 41.3 Å². The van der Waals surface area contributed by atoms with Gasteiger partial charge in [-0.1, -0.05) is 43.0 Å². The Kier molecular flexibility index (Phi) is 12.0. The Balaban J connectivity index is 1.27. The lowest BCUT2D eigenvalue weighted by molar-refractivity contribution is -0.141. The first-order chi connectivity index (χ1) is 28.0. The fourth-order valence-electron chi connectivity index (χ4n) is 8.62. The number of hydrogen-bond donors (Lipinski definition) is 0. The van der Waals surface area contributed by atoms with E-state index in [-0.39, 0.29) is 49.1 Å². The average Bonchev–Trinajstić information content (AvgIpc) is 3.46. The largest absolute Gasteiger partial charge is 0.497 e. The molecule has 0 N–H and O–H groups in total. The predicted molar refractivity (Wildman–Crippen MR) is 219 cm³/mol. The number of benzene rings is 3. The van der Waals surface area contributed by atoms with E-state index >= 15 is 17.6 Å². The van der Waals surface area contributed by atoms with Gasteiger partial charge in [-0.15, -0.1) is 0 Å². The van der Waals surface area contributed by atoms with E-state index in [2.05, 4.69) is 4.90 Å². The van der Waals surface area contributed by atoms with Gasteiger partial charge in [-0.05, 0) is 93.8 Å². The minimum absolute atomic E-state index is 0.0187. The SMILES string of the molecule is COc1ccc(CN(Cc2ccc(OC)cc2)c2cc(C)c(C(F)(F)F)c(C3OCc4c(nc(SC)nc4N4CC5CCC(C4)N5C(=O)OC(C)(C)C)C3C)c2F)cc1. The van der Waals surface area contributed by atoms with Crippen LogP contribution in [0.4, 0.5) is 33.9 Å². The topological polar surface area (TPSA) is 89.5 Å². The smallest absolute Gasteiger partial charge is 0.417 e. The van der Waals surface area contributed by atoms with Crippen LogP contribution >= 0.6 is 11.8 Å². The lowest BCUT2D eigenvalue weighted by Crippen LogP contribution is -2.57. The zero-order valence-corrected chi connectivity index (χ0v) is 35.5. The average molecular weight is 838 g/mol. The minimum Gasteiger partial charge on any atom is -0.497 e. The van der Waals surface area contributed by atoms with E-state index in [1.807, 2.05) is 56.2 Å². The van der Waals surface area contributed by atoms with Crippen molar-refractivity contribution in [2.75, 3.05) is 43.4 Å². The van der Waals surface area contributed by atoms with Gasteiger partial charge in [-0.25, -0.2) is 19.2 Å². The molecule has 10 nitrogen and oxygen atoms in total. The molecule has 4 atom stereocenters. The molecule has 3 aromatic carbocycles. The second-order valence-corrected chi connectivity index (χ2v) is 17.2. The second kappa shape index (κ2) is 16.7. The molecule has 0 aliphatic carbocycles. The molecule has 4 aromatic rings. The first-order valence-corrected chi connectivity index (χ1v) is 21.0. The van der Waals surface area contributed by atoms with Gasteiger partial charge in [0.15, 0.2) is 11.0 Å². The molecule has 59 heavy (non-hydrogen) atoms. The molecular weight excluding hydrogens is 787 g/mol. The molecule has 4 unspecified atom stereocenters. The number of ether oxygens (including phenoxy) is 4. The molecule has 15 heteroatoms. The van der Waals surface area contributed by atoms with Gasteiger partial charge in [0.25, 0.3) is 0 Å². The van der Waals surface area contributed by atoms with Crippen LogP contribution in [0.1, 0.15) is 91.6 Å². The van der Waals surface area contributed by atoms with Gasteiger partial charge >= 0.3 is 12.3 Å². The maximum Gasteiger partial charge on any atom is 0.417 e. The molecule has 0 spiro atoms. The molecule has 0 saturated carbocycles. The summed E-state index contributed by atoms with van der Waals surface area (Å²) in [5.74, 6) is 0.125. The minimum atomic E-state index is -4.88. The Morgan fingerprint density at radius 3 is 1.98 bits per heavy atom. The molecule has 0 radical (unpaired) electrons. The van der Waals surface area contributed by atoms with Crippen LogP contribution in [0.25, 0.3) is 0 Å². The lowest BCUT2D eigenvalue weighted by Gasteiger charge is -2.43. The molecule has 2 saturated heterocycles. The van der Waals surface area contributed by atoms with Crippen LogP contribution in [0.3, 0.4) is 0 Å². The summed E-state index contributed by atoms with van der Waals surface area (Å²) in [6.07, 6.45) is -3.09. The Labute approximate surface area is 347 Å². The summed E-state index contributed by atoms with van der Waals surface area (Å²) in [7, 11) is 3.12. The number of rotatable bonds is 10. The van der Waals surface area contributed by atoms with E-state index in [4.69, 9.17) is 28.9 Å². The number of thioether (sulfide) groups is 1. The highest BCUT2D eigenvalue weighted by Gasteiger charge is 2.47. The Morgan fingerprint density at radius 1 is 0.932 bits per heavy atom. The Hall–Kier alpha value is -4.76. The summed E-state index contributed by atoms with van der Waals surface area (Å²) in [6.45, 7) is 9.89. The van der Waals surface area contributed by atoms with Gasteiger partial charge in [0.2, 0.25) is 0 Å². The second-order valence-electron chi connectivity index (χ2n) is 16.5. The number of nitrogens with zero attached hydrogens (tertiary/aromatic N) is 5.